The summed E-state index contributed by atoms with van der Waals surface area (Å²) in [7, 11) is 9.29. The summed E-state index contributed by atoms with van der Waals surface area (Å²) >= 11 is 0. The minimum absolute atomic E-state index is 1.24. The van der Waals surface area contributed by atoms with E-state index >= 15 is 0 Å². The molecule has 8 heteroatoms. The van der Waals surface area contributed by atoms with E-state index < -0.39 is 7.82 Å². The molecule has 0 atom stereocenters. The van der Waals surface area contributed by atoms with Crippen molar-refractivity contribution in [2.75, 3.05) is 81.6 Å². The molecule has 0 amide bonds. The van der Waals surface area contributed by atoms with E-state index in [2.05, 4.69) is 83.8 Å². The number of rotatable bonds is 66. The highest BCUT2D eigenvalue weighted by Crippen LogP contribution is 2.19. The minimum Gasteiger partial charge on any atom is -0.822 e. The summed E-state index contributed by atoms with van der Waals surface area (Å²) in [5.74, 6) is 0. The molecule has 0 saturated heterocycles. The van der Waals surface area contributed by atoms with E-state index in [0.29, 0.717) is 0 Å². The third kappa shape index (κ3) is 95.1. The zero-order valence-electron chi connectivity index (χ0n) is 62.1. The molecule has 0 bridgehead atoms. The molecule has 7 nitrogen and oxygen atoms in total. The highest BCUT2D eigenvalue weighted by molar-refractivity contribution is 7.40. The van der Waals surface area contributed by atoms with Crippen molar-refractivity contribution < 1.29 is 32.7 Å². The van der Waals surface area contributed by atoms with Crippen molar-refractivity contribution in [1.82, 2.24) is 0 Å². The third-order valence-electron chi connectivity index (χ3n) is 18.7. The lowest BCUT2D eigenvalue weighted by Gasteiger charge is -2.36. The molecule has 0 N–H and O–H groups in total. The van der Waals surface area contributed by atoms with Gasteiger partial charge in [-0.3, -0.25) is 0 Å². The van der Waals surface area contributed by atoms with Crippen molar-refractivity contribution >= 4 is 7.82 Å². The molecule has 0 rings (SSSR count). The maximum atomic E-state index is 8.55. The van der Waals surface area contributed by atoms with E-state index in [0.717, 1.165) is 0 Å². The maximum Gasteiger partial charge on any atom is 0.0782 e. The SMILES string of the molecule is CCCCCCCCCCCC[N+](C)(C)CCCCCCCCCCCC.CCCCCCCCCCCC[N+](C)(C)CCCCCCCCCCCC.CCCCCCCCCCCC[N+](C)(C)CCCCCCCCCCCC.O=P([O-])([O-])[O-]. The highest BCUT2D eigenvalue weighted by Gasteiger charge is 2.16. The molecule has 0 aliphatic rings. The van der Waals surface area contributed by atoms with Gasteiger partial charge in [-0.05, 0) is 77.0 Å². The number of nitrogens with zero attached hydrogens (tertiary/aromatic N) is 3. The molecular weight excluding hydrogens is 1070 g/mol. The van der Waals surface area contributed by atoms with Crippen LogP contribution in [0.5, 0.6) is 0 Å². The van der Waals surface area contributed by atoms with Gasteiger partial charge in [-0.1, -0.05) is 350 Å². The molecule has 0 aliphatic heterocycles. The minimum atomic E-state index is -5.39. The number of hydrogen-bond acceptors (Lipinski definition) is 4. The van der Waals surface area contributed by atoms with E-state index in [1.165, 1.54) is 438 Å². The van der Waals surface area contributed by atoms with Gasteiger partial charge >= 0.3 is 0 Å². The second-order valence-corrected chi connectivity index (χ2v) is 30.6. The highest BCUT2D eigenvalue weighted by atomic mass is 31.2. The molecule has 0 aliphatic carbocycles. The van der Waals surface area contributed by atoms with E-state index in [-0.39, 0.29) is 0 Å². The van der Waals surface area contributed by atoms with Crippen molar-refractivity contribution in [1.29, 1.82) is 0 Å². The number of unbranched alkanes of at least 4 members (excludes halogenated alkanes) is 54. The topological polar surface area (TPSA) is 86.2 Å². The van der Waals surface area contributed by atoms with Crippen LogP contribution in [0.4, 0.5) is 0 Å². The fourth-order valence-electron chi connectivity index (χ4n) is 12.5. The van der Waals surface area contributed by atoms with Gasteiger partial charge in [0.15, 0.2) is 0 Å². The van der Waals surface area contributed by atoms with Crippen LogP contribution in [0, 0.1) is 0 Å². The summed E-state index contributed by atoms with van der Waals surface area (Å²) in [4.78, 5) is 25.6. The van der Waals surface area contributed by atoms with Crippen molar-refractivity contribution in [2.24, 2.45) is 0 Å². The van der Waals surface area contributed by atoms with Gasteiger partial charge in [0.05, 0.1) is 81.6 Å². The Kier molecular flexibility index (Phi) is 79.5. The second kappa shape index (κ2) is 74.0. The van der Waals surface area contributed by atoms with E-state index in [9.17, 15) is 0 Å². The predicted octanol–water partition coefficient (Wildman–Crippen LogP) is 23.9. The Labute approximate surface area is 546 Å². The normalized spacial score (nSPS) is 12.0. The number of phosphoric acid groups is 1. The van der Waals surface area contributed by atoms with Crippen molar-refractivity contribution in [3.05, 3.63) is 0 Å². The first-order valence-electron chi connectivity index (χ1n) is 39.6. The first-order chi connectivity index (χ1) is 41.4. The van der Waals surface area contributed by atoms with Crippen molar-refractivity contribution in [3.63, 3.8) is 0 Å². The summed E-state index contributed by atoms with van der Waals surface area (Å²) in [6, 6.07) is 0. The van der Waals surface area contributed by atoms with E-state index in [1.54, 1.807) is 0 Å². The average Bonchev–Trinajstić information content (AvgIpc) is 3.63. The molecular formula is C78H168N3O4P. The zero-order chi connectivity index (χ0) is 64.7. The standard InChI is InChI=1S/3C26H56N.H3O4P/c3*1-5-7-9-11-13-15-17-19-21-23-25-27(3,4)26-24-22-20-18-16-14-12-10-8-6-2;1-5(2,3)4/h3*5-26H2,1-4H3;(H3,1,2,3,4)/q3*+1;/p-3. The summed E-state index contributed by atoms with van der Waals surface area (Å²) in [5.41, 5.74) is 0. The molecule has 86 heavy (non-hydrogen) atoms. The fraction of sp³-hybridized carbons (Fsp3) is 1.00. The van der Waals surface area contributed by atoms with Crippen LogP contribution in [0.2, 0.25) is 0 Å². The van der Waals surface area contributed by atoms with Gasteiger partial charge in [-0.25, -0.2) is 0 Å². The fourth-order valence-corrected chi connectivity index (χ4v) is 12.5. The zero-order valence-corrected chi connectivity index (χ0v) is 63.0. The third-order valence-corrected chi connectivity index (χ3v) is 18.7. The summed E-state index contributed by atoms with van der Waals surface area (Å²) in [6.07, 6.45) is 87.0. The Morgan fingerprint density at radius 3 is 0.326 bits per heavy atom. The van der Waals surface area contributed by atoms with Crippen LogP contribution < -0.4 is 14.7 Å². The Bertz CT molecular complexity index is 1040. The maximum absolute atomic E-state index is 8.55. The number of quaternary nitrogens is 3. The van der Waals surface area contributed by atoms with Gasteiger partial charge in [-0.2, -0.15) is 7.82 Å². The summed E-state index contributed by atoms with van der Waals surface area (Å²) < 4.78 is 12.3. The molecule has 0 aromatic rings. The molecule has 524 valence electrons. The first kappa shape index (κ1) is 92.4. The van der Waals surface area contributed by atoms with E-state index in [1.807, 2.05) is 0 Å². The van der Waals surface area contributed by atoms with Crippen molar-refractivity contribution in [2.45, 2.75) is 427 Å². The molecule has 0 unspecified atom stereocenters. The second-order valence-electron chi connectivity index (χ2n) is 29.7. The van der Waals surface area contributed by atoms with Gasteiger partial charge in [0, 0.05) is 0 Å². The Hall–Kier alpha value is -0.0100. The molecule has 0 aromatic carbocycles. The van der Waals surface area contributed by atoms with Crippen LogP contribution in [0.25, 0.3) is 0 Å². The molecule has 0 fully saturated rings. The molecule has 0 spiro atoms. The average molecular weight is 1240 g/mol. The Morgan fingerprint density at radius 2 is 0.244 bits per heavy atom. The largest absolute Gasteiger partial charge is 0.822 e. The van der Waals surface area contributed by atoms with Crippen LogP contribution >= 0.6 is 7.82 Å². The van der Waals surface area contributed by atoms with Crippen LogP contribution in [0.1, 0.15) is 427 Å². The Balaban J connectivity index is -0.000000562. The molecule has 0 radical (unpaired) electrons. The molecule has 0 heterocycles. The molecule has 0 aromatic heterocycles. The van der Waals surface area contributed by atoms with Crippen LogP contribution in [-0.4, -0.2) is 95.0 Å². The smallest absolute Gasteiger partial charge is 0.0782 e. The lowest BCUT2D eigenvalue weighted by Crippen LogP contribution is -2.41. The first-order valence-corrected chi connectivity index (χ1v) is 41.0. The van der Waals surface area contributed by atoms with Gasteiger partial charge < -0.3 is 32.7 Å². The quantitative estimate of drug-likeness (QED) is 0.0345. The monoisotopic (exact) mass is 1240 g/mol. The predicted molar refractivity (Wildman–Crippen MR) is 384 cm³/mol. The lowest BCUT2D eigenvalue weighted by atomic mass is 10.1. The van der Waals surface area contributed by atoms with E-state index in [4.69, 9.17) is 19.2 Å². The van der Waals surface area contributed by atoms with Crippen LogP contribution in [0.3, 0.4) is 0 Å². The number of hydrogen-bond donors (Lipinski definition) is 0. The molecule has 0 saturated carbocycles. The lowest BCUT2D eigenvalue weighted by molar-refractivity contribution is -0.890. The Morgan fingerprint density at radius 1 is 0.174 bits per heavy atom. The van der Waals surface area contributed by atoms with Crippen LogP contribution in [0.15, 0.2) is 0 Å². The van der Waals surface area contributed by atoms with Gasteiger partial charge in [-0.15, -0.1) is 0 Å². The summed E-state index contributed by atoms with van der Waals surface area (Å²) in [5, 5.41) is 0. The van der Waals surface area contributed by atoms with Crippen LogP contribution in [-0.2, 0) is 4.57 Å². The van der Waals surface area contributed by atoms with Gasteiger partial charge in [0.1, 0.15) is 0 Å². The van der Waals surface area contributed by atoms with Crippen molar-refractivity contribution in [3.8, 4) is 0 Å². The van der Waals surface area contributed by atoms with Gasteiger partial charge in [0.25, 0.3) is 0 Å². The van der Waals surface area contributed by atoms with Gasteiger partial charge in [0.2, 0.25) is 0 Å². The summed E-state index contributed by atoms with van der Waals surface area (Å²) in [6.45, 7) is 22.1.